The zero-order valence-electron chi connectivity index (χ0n) is 18.0. The molecule has 0 aromatic carbocycles. The molecular formula is C19H34O9P-. The first-order valence-corrected chi connectivity index (χ1v) is 11.7. The van der Waals surface area contributed by atoms with E-state index >= 15 is 0 Å². The van der Waals surface area contributed by atoms with Gasteiger partial charge in [0.1, 0.15) is 0 Å². The molecule has 1 heterocycles. The van der Waals surface area contributed by atoms with Crippen molar-refractivity contribution in [2.24, 2.45) is 11.8 Å². The molecule has 0 radical (unpaired) electrons. The molecule has 2 rings (SSSR count). The molecule has 2 aliphatic rings. The Morgan fingerprint density at radius 3 is 2.41 bits per heavy atom. The van der Waals surface area contributed by atoms with Crippen LogP contribution in [0.25, 0.3) is 0 Å². The van der Waals surface area contributed by atoms with Gasteiger partial charge in [0.05, 0.1) is 43.2 Å². The summed E-state index contributed by atoms with van der Waals surface area (Å²) in [5.41, 5.74) is 0. The van der Waals surface area contributed by atoms with Gasteiger partial charge in [0.15, 0.2) is 6.10 Å². The summed E-state index contributed by atoms with van der Waals surface area (Å²) in [5.74, 6) is -1.76. The molecule has 0 amide bonds. The predicted octanol–water partition coefficient (Wildman–Crippen LogP) is 1.80. The van der Waals surface area contributed by atoms with E-state index in [4.69, 9.17) is 23.3 Å². The number of aliphatic hydroxyl groups excluding tert-OH is 1. The monoisotopic (exact) mass is 437 g/mol. The predicted molar refractivity (Wildman–Crippen MR) is 102 cm³/mol. The van der Waals surface area contributed by atoms with Crippen LogP contribution in [0.2, 0.25) is 0 Å². The van der Waals surface area contributed by atoms with Crippen molar-refractivity contribution in [3.8, 4) is 0 Å². The van der Waals surface area contributed by atoms with Crippen molar-refractivity contribution < 1.29 is 42.6 Å². The maximum absolute atomic E-state index is 12.4. The molecule has 1 aliphatic carbocycles. The van der Waals surface area contributed by atoms with Gasteiger partial charge in [-0.2, -0.15) is 0 Å². The summed E-state index contributed by atoms with van der Waals surface area (Å²) < 4.78 is 39.0. The van der Waals surface area contributed by atoms with Crippen LogP contribution in [0.4, 0.5) is 0 Å². The molecule has 0 aromatic heterocycles. The molecule has 29 heavy (non-hydrogen) atoms. The summed E-state index contributed by atoms with van der Waals surface area (Å²) in [7, 11) is -4.97. The van der Waals surface area contributed by atoms with Crippen molar-refractivity contribution >= 4 is 13.8 Å². The summed E-state index contributed by atoms with van der Waals surface area (Å²) >= 11 is 0. The van der Waals surface area contributed by atoms with E-state index in [0.29, 0.717) is 12.8 Å². The highest BCUT2D eigenvalue weighted by Gasteiger charge is 2.45. The molecular weight excluding hydrogens is 403 g/mol. The number of phosphoric acid groups is 1. The van der Waals surface area contributed by atoms with Crippen LogP contribution in [-0.4, -0.2) is 60.4 Å². The van der Waals surface area contributed by atoms with Gasteiger partial charge in [0.25, 0.3) is 0 Å². The molecule has 10 heteroatoms. The Balaban J connectivity index is 2.00. The molecule has 9 nitrogen and oxygen atoms in total. The lowest BCUT2D eigenvalue weighted by Crippen LogP contribution is -2.37. The van der Waals surface area contributed by atoms with Gasteiger partial charge in [0.2, 0.25) is 0 Å². The SMILES string of the molecule is CC(C)OC[C@H]1C(O)[C@@H](C)C[C@H]1OP(=O)([O-])OC(=O)[C@H]1O[C@@H](C)CC1OC(C)C. The van der Waals surface area contributed by atoms with Gasteiger partial charge in [-0.05, 0) is 47.0 Å². The first kappa shape index (κ1) is 24.7. The first-order chi connectivity index (χ1) is 13.4. The van der Waals surface area contributed by atoms with E-state index in [9.17, 15) is 19.4 Å². The van der Waals surface area contributed by atoms with Gasteiger partial charge in [-0.25, -0.2) is 4.79 Å². The van der Waals surface area contributed by atoms with Crippen molar-refractivity contribution in [3.63, 3.8) is 0 Å². The smallest absolute Gasteiger partial charge is 0.343 e. The molecule has 2 fully saturated rings. The Labute approximate surface area is 172 Å². The zero-order valence-corrected chi connectivity index (χ0v) is 18.9. The minimum atomic E-state index is -4.97. The van der Waals surface area contributed by atoms with Crippen LogP contribution < -0.4 is 4.89 Å². The fourth-order valence-electron chi connectivity index (χ4n) is 3.83. The molecule has 1 aliphatic heterocycles. The number of hydrogen-bond acceptors (Lipinski definition) is 9. The van der Waals surface area contributed by atoms with Crippen molar-refractivity contribution in [1.82, 2.24) is 0 Å². The van der Waals surface area contributed by atoms with Crippen LogP contribution in [0.5, 0.6) is 0 Å². The second-order valence-corrected chi connectivity index (χ2v) is 9.87. The van der Waals surface area contributed by atoms with E-state index in [1.54, 1.807) is 13.8 Å². The lowest BCUT2D eigenvalue weighted by molar-refractivity contribution is -0.232. The average molecular weight is 437 g/mol. The van der Waals surface area contributed by atoms with Crippen molar-refractivity contribution in [3.05, 3.63) is 0 Å². The minimum Gasteiger partial charge on any atom is -0.746 e. The number of phosphoric ester groups is 1. The normalized spacial score (nSPS) is 37.2. The number of ether oxygens (including phenoxy) is 3. The Kier molecular flexibility index (Phi) is 8.68. The van der Waals surface area contributed by atoms with Crippen LogP contribution >= 0.6 is 7.82 Å². The third-order valence-corrected chi connectivity index (χ3v) is 6.08. The van der Waals surface area contributed by atoms with Crippen LogP contribution in [0.1, 0.15) is 54.4 Å². The fourth-order valence-corrected chi connectivity index (χ4v) is 4.77. The third kappa shape index (κ3) is 6.99. The van der Waals surface area contributed by atoms with E-state index in [1.165, 1.54) is 0 Å². The molecule has 1 saturated heterocycles. The van der Waals surface area contributed by atoms with Gasteiger partial charge < -0.3 is 33.3 Å². The minimum absolute atomic E-state index is 0.0740. The number of aliphatic hydroxyl groups is 1. The number of rotatable bonds is 9. The Morgan fingerprint density at radius 1 is 1.17 bits per heavy atom. The summed E-state index contributed by atoms with van der Waals surface area (Å²) in [5, 5.41) is 10.3. The van der Waals surface area contributed by atoms with Crippen molar-refractivity contribution in [2.75, 3.05) is 6.61 Å². The highest BCUT2D eigenvalue weighted by Crippen LogP contribution is 2.47. The standard InChI is InChI=1S/C19H35O9P/c1-10(2)24-9-14-15(7-12(5)17(14)20)27-29(22,23)28-19(21)18-16(25-11(3)4)8-13(6)26-18/h10-18,20H,7-9H2,1-6H3,(H,22,23)/p-1/t12-,13-,14+,15+,16?,17?,18-/m0/s1. The summed E-state index contributed by atoms with van der Waals surface area (Å²) in [4.78, 5) is 24.8. The second-order valence-electron chi connectivity index (χ2n) is 8.58. The fraction of sp³-hybridized carbons (Fsp3) is 0.947. The number of carbonyl (C=O) groups is 1. The maximum Gasteiger partial charge on any atom is 0.343 e. The van der Waals surface area contributed by atoms with Crippen LogP contribution in [-0.2, 0) is 32.6 Å². The van der Waals surface area contributed by atoms with Gasteiger partial charge in [-0.3, -0.25) is 4.57 Å². The summed E-state index contributed by atoms with van der Waals surface area (Å²) in [6.45, 7) is 11.1. The molecule has 0 bridgehead atoms. The molecule has 1 N–H and O–H groups in total. The van der Waals surface area contributed by atoms with E-state index in [1.807, 2.05) is 27.7 Å². The van der Waals surface area contributed by atoms with Crippen LogP contribution in [0.15, 0.2) is 0 Å². The molecule has 170 valence electrons. The third-order valence-electron chi connectivity index (χ3n) is 5.15. The first-order valence-electron chi connectivity index (χ1n) is 10.2. The van der Waals surface area contributed by atoms with Crippen molar-refractivity contribution in [1.29, 1.82) is 0 Å². The van der Waals surface area contributed by atoms with Gasteiger partial charge in [-0.15, -0.1) is 0 Å². The zero-order chi connectivity index (χ0) is 21.9. The molecule has 8 atom stereocenters. The molecule has 0 spiro atoms. The van der Waals surface area contributed by atoms with Crippen LogP contribution in [0.3, 0.4) is 0 Å². The molecule has 1 saturated carbocycles. The number of hydrogen-bond donors (Lipinski definition) is 1. The Hall–Kier alpha value is -0.540. The summed E-state index contributed by atoms with van der Waals surface area (Å²) in [6, 6.07) is 0. The van der Waals surface area contributed by atoms with E-state index in [0.717, 1.165) is 0 Å². The van der Waals surface area contributed by atoms with Gasteiger partial charge in [-0.1, -0.05) is 6.92 Å². The Bertz CT molecular complexity index is 596. The second kappa shape index (κ2) is 10.2. The summed E-state index contributed by atoms with van der Waals surface area (Å²) in [6.07, 6.45) is -3.03. The number of carbonyl (C=O) groups excluding carboxylic acids is 1. The highest BCUT2D eigenvalue weighted by atomic mass is 31.2. The van der Waals surface area contributed by atoms with E-state index in [2.05, 4.69) is 0 Å². The highest BCUT2D eigenvalue weighted by molar-refractivity contribution is 7.46. The van der Waals surface area contributed by atoms with Gasteiger partial charge >= 0.3 is 13.8 Å². The molecule has 0 aromatic rings. The largest absolute Gasteiger partial charge is 0.746 e. The van der Waals surface area contributed by atoms with Crippen LogP contribution in [0, 0.1) is 11.8 Å². The molecule has 3 unspecified atom stereocenters. The quantitative estimate of drug-likeness (QED) is 0.538. The lowest BCUT2D eigenvalue weighted by atomic mass is 10.0. The van der Waals surface area contributed by atoms with E-state index < -0.39 is 44.1 Å². The van der Waals surface area contributed by atoms with Crippen molar-refractivity contribution in [2.45, 2.75) is 97.1 Å². The van der Waals surface area contributed by atoms with Gasteiger partial charge in [0, 0.05) is 12.3 Å². The average Bonchev–Trinajstić information content (AvgIpc) is 3.04. The van der Waals surface area contributed by atoms with E-state index in [-0.39, 0.29) is 30.8 Å². The Morgan fingerprint density at radius 2 is 1.83 bits per heavy atom. The topological polar surface area (TPSA) is 124 Å². The maximum atomic E-state index is 12.4. The lowest BCUT2D eigenvalue weighted by Gasteiger charge is -2.30.